The Bertz CT molecular complexity index is 777. The highest BCUT2D eigenvalue weighted by Gasteiger charge is 2.26. The van der Waals surface area contributed by atoms with Gasteiger partial charge in [-0.15, -0.1) is 11.3 Å². The van der Waals surface area contributed by atoms with Crippen molar-refractivity contribution in [2.45, 2.75) is 32.7 Å². The molecule has 1 aliphatic heterocycles. The van der Waals surface area contributed by atoms with Crippen LogP contribution < -0.4 is 5.56 Å². The van der Waals surface area contributed by atoms with Crippen LogP contribution in [0, 0.1) is 0 Å². The zero-order chi connectivity index (χ0) is 15.0. The molecule has 3 rings (SSSR count). The van der Waals surface area contributed by atoms with Crippen LogP contribution in [0.2, 0.25) is 0 Å². The molecule has 0 N–H and O–H groups in total. The third-order valence-electron chi connectivity index (χ3n) is 3.60. The van der Waals surface area contributed by atoms with Gasteiger partial charge in [-0.25, -0.2) is 4.98 Å². The van der Waals surface area contributed by atoms with Crippen molar-refractivity contribution in [2.75, 3.05) is 6.54 Å². The predicted molar refractivity (Wildman–Crippen MR) is 79.2 cm³/mol. The van der Waals surface area contributed by atoms with E-state index < -0.39 is 0 Å². The molecule has 0 radical (unpaired) electrons. The minimum atomic E-state index is -0.341. The lowest BCUT2D eigenvalue weighted by molar-refractivity contribution is -0.142. The van der Waals surface area contributed by atoms with E-state index in [1.165, 1.54) is 27.1 Å². The van der Waals surface area contributed by atoms with Crippen LogP contribution in [0.1, 0.15) is 24.6 Å². The Morgan fingerprint density at radius 1 is 1.43 bits per heavy atom. The molecule has 1 saturated heterocycles. The first-order valence-electron chi connectivity index (χ1n) is 6.91. The van der Waals surface area contributed by atoms with Crippen LogP contribution in [0.3, 0.4) is 0 Å². The van der Waals surface area contributed by atoms with Gasteiger partial charge in [-0.3, -0.25) is 23.9 Å². The van der Waals surface area contributed by atoms with Gasteiger partial charge in [-0.1, -0.05) is 6.92 Å². The standard InChI is InChI=1S/C14H15N3O3S/c1-2-9-6-10-13(21-9)15-8-16(14(10)20)7-12(19)17-5-3-4-11(17)18/h6,8H,2-5,7H2,1H3. The molecule has 0 spiro atoms. The van der Waals surface area contributed by atoms with Gasteiger partial charge in [0.05, 0.1) is 11.7 Å². The molecule has 0 unspecified atom stereocenters. The quantitative estimate of drug-likeness (QED) is 0.853. The highest BCUT2D eigenvalue weighted by atomic mass is 32.1. The minimum absolute atomic E-state index is 0.134. The molecule has 3 heterocycles. The molecule has 0 saturated carbocycles. The number of imide groups is 1. The van der Waals surface area contributed by atoms with Crippen LogP contribution in [0.5, 0.6) is 0 Å². The summed E-state index contributed by atoms with van der Waals surface area (Å²) < 4.78 is 1.28. The number of hydrogen-bond acceptors (Lipinski definition) is 5. The number of aromatic nitrogens is 2. The molecule has 7 heteroatoms. The molecule has 1 aliphatic rings. The fourth-order valence-corrected chi connectivity index (χ4v) is 3.37. The summed E-state index contributed by atoms with van der Waals surface area (Å²) in [6.07, 6.45) is 3.34. The largest absolute Gasteiger partial charge is 0.289 e. The fraction of sp³-hybridized carbons (Fsp3) is 0.429. The average Bonchev–Trinajstić information content (AvgIpc) is 3.08. The molecule has 2 amide bonds. The van der Waals surface area contributed by atoms with E-state index in [1.807, 2.05) is 13.0 Å². The number of nitrogens with zero attached hydrogens (tertiary/aromatic N) is 3. The van der Waals surface area contributed by atoms with Gasteiger partial charge in [-0.05, 0) is 18.9 Å². The molecule has 110 valence electrons. The van der Waals surface area contributed by atoms with Crippen LogP contribution >= 0.6 is 11.3 Å². The normalized spacial score (nSPS) is 15.1. The zero-order valence-electron chi connectivity index (χ0n) is 11.7. The summed E-state index contributed by atoms with van der Waals surface area (Å²) >= 11 is 1.49. The Morgan fingerprint density at radius 2 is 2.24 bits per heavy atom. The number of hydrogen-bond donors (Lipinski definition) is 0. The van der Waals surface area contributed by atoms with Crippen molar-refractivity contribution in [3.05, 3.63) is 27.6 Å². The Labute approximate surface area is 125 Å². The average molecular weight is 305 g/mol. The van der Waals surface area contributed by atoms with Crippen LogP contribution in [0.4, 0.5) is 0 Å². The van der Waals surface area contributed by atoms with Crippen molar-refractivity contribution in [2.24, 2.45) is 0 Å². The van der Waals surface area contributed by atoms with Gasteiger partial charge < -0.3 is 0 Å². The Kier molecular flexibility index (Phi) is 3.59. The highest BCUT2D eigenvalue weighted by Crippen LogP contribution is 2.21. The first kappa shape index (κ1) is 13.9. The number of aryl methyl sites for hydroxylation is 1. The molecular weight excluding hydrogens is 290 g/mol. The topological polar surface area (TPSA) is 72.3 Å². The van der Waals surface area contributed by atoms with Crippen molar-refractivity contribution < 1.29 is 9.59 Å². The van der Waals surface area contributed by atoms with Crippen molar-refractivity contribution >= 4 is 33.4 Å². The van der Waals surface area contributed by atoms with Crippen molar-refractivity contribution in [3.63, 3.8) is 0 Å². The maximum atomic E-state index is 12.4. The third-order valence-corrected chi connectivity index (χ3v) is 4.79. The molecule has 0 atom stereocenters. The minimum Gasteiger partial charge on any atom is -0.289 e. The number of carbonyl (C=O) groups is 2. The third kappa shape index (κ3) is 2.49. The van der Waals surface area contributed by atoms with Crippen LogP contribution in [0.25, 0.3) is 10.2 Å². The molecular formula is C14H15N3O3S. The van der Waals surface area contributed by atoms with E-state index in [2.05, 4.69) is 4.98 Å². The lowest BCUT2D eigenvalue weighted by atomic mass is 10.3. The van der Waals surface area contributed by atoms with Gasteiger partial charge in [0.1, 0.15) is 11.4 Å². The van der Waals surface area contributed by atoms with Gasteiger partial charge in [-0.2, -0.15) is 0 Å². The van der Waals surface area contributed by atoms with Crippen LogP contribution in [0.15, 0.2) is 17.2 Å². The molecule has 1 fully saturated rings. The summed E-state index contributed by atoms with van der Waals surface area (Å²) in [4.78, 5) is 43.3. The number of carbonyl (C=O) groups excluding carboxylic acids is 2. The lowest BCUT2D eigenvalue weighted by Gasteiger charge is -2.14. The van der Waals surface area contributed by atoms with E-state index in [4.69, 9.17) is 0 Å². The summed E-state index contributed by atoms with van der Waals surface area (Å²) in [6.45, 7) is 2.33. The maximum Gasteiger partial charge on any atom is 0.262 e. The second kappa shape index (κ2) is 5.40. The van der Waals surface area contributed by atoms with Crippen molar-refractivity contribution in [1.82, 2.24) is 14.5 Å². The number of thiophene rings is 1. The van der Waals surface area contributed by atoms with Gasteiger partial charge in [0, 0.05) is 17.8 Å². The summed E-state index contributed by atoms with van der Waals surface area (Å²) in [6, 6.07) is 1.83. The molecule has 0 aromatic carbocycles. The monoisotopic (exact) mass is 305 g/mol. The van der Waals surface area contributed by atoms with Crippen molar-refractivity contribution in [1.29, 1.82) is 0 Å². The number of rotatable bonds is 3. The van der Waals surface area contributed by atoms with E-state index in [0.29, 0.717) is 29.6 Å². The Balaban J connectivity index is 1.90. The molecule has 6 nitrogen and oxygen atoms in total. The summed E-state index contributed by atoms with van der Waals surface area (Å²) in [7, 11) is 0. The first-order valence-corrected chi connectivity index (χ1v) is 7.73. The zero-order valence-corrected chi connectivity index (χ0v) is 12.5. The second-order valence-electron chi connectivity index (χ2n) is 5.01. The summed E-state index contributed by atoms with van der Waals surface area (Å²) in [5.41, 5.74) is -0.226. The van der Waals surface area contributed by atoms with E-state index >= 15 is 0 Å². The summed E-state index contributed by atoms with van der Waals surface area (Å²) in [5.74, 6) is -0.502. The van der Waals surface area contributed by atoms with Gasteiger partial charge in [0.15, 0.2) is 0 Å². The molecule has 2 aromatic rings. The van der Waals surface area contributed by atoms with Gasteiger partial charge >= 0.3 is 0 Å². The first-order chi connectivity index (χ1) is 10.1. The molecule has 0 bridgehead atoms. The number of likely N-dealkylation sites (tertiary alicyclic amines) is 1. The van der Waals surface area contributed by atoms with E-state index in [1.54, 1.807) is 0 Å². The predicted octanol–water partition coefficient (Wildman–Crippen LogP) is 1.17. The number of amides is 2. The van der Waals surface area contributed by atoms with E-state index in [-0.39, 0.29) is 23.9 Å². The van der Waals surface area contributed by atoms with Crippen molar-refractivity contribution in [3.8, 4) is 0 Å². The highest BCUT2D eigenvalue weighted by molar-refractivity contribution is 7.18. The maximum absolute atomic E-state index is 12.4. The second-order valence-corrected chi connectivity index (χ2v) is 6.12. The Hall–Kier alpha value is -2.02. The van der Waals surface area contributed by atoms with Gasteiger partial charge in [0.25, 0.3) is 5.56 Å². The van der Waals surface area contributed by atoms with E-state index in [0.717, 1.165) is 11.3 Å². The molecule has 2 aromatic heterocycles. The lowest BCUT2D eigenvalue weighted by Crippen LogP contribution is -2.37. The van der Waals surface area contributed by atoms with Crippen LogP contribution in [-0.4, -0.2) is 32.8 Å². The molecule has 0 aliphatic carbocycles. The summed E-state index contributed by atoms with van der Waals surface area (Å²) in [5, 5.41) is 0.542. The SMILES string of the molecule is CCc1cc2c(=O)n(CC(=O)N3CCCC3=O)cnc2s1. The number of fused-ring (bicyclic) bond motifs is 1. The smallest absolute Gasteiger partial charge is 0.262 e. The fourth-order valence-electron chi connectivity index (χ4n) is 2.44. The van der Waals surface area contributed by atoms with Crippen LogP contribution in [-0.2, 0) is 22.6 Å². The molecule has 21 heavy (non-hydrogen) atoms. The van der Waals surface area contributed by atoms with Gasteiger partial charge in [0.2, 0.25) is 11.8 Å². The Morgan fingerprint density at radius 3 is 2.90 bits per heavy atom. The van der Waals surface area contributed by atoms with E-state index in [9.17, 15) is 14.4 Å².